The summed E-state index contributed by atoms with van der Waals surface area (Å²) in [6.07, 6.45) is 0.446. The third-order valence-electron chi connectivity index (χ3n) is 4.31. The number of Topliss-reactive ketones (excluding diaryl/α,β-unsaturated/α-hetero) is 1. The van der Waals surface area contributed by atoms with E-state index in [0.29, 0.717) is 27.2 Å². The maximum absolute atomic E-state index is 12.3. The number of nitrogens with zero attached hydrogens (tertiary/aromatic N) is 3. The average molecular weight is 403 g/mol. The second kappa shape index (κ2) is 7.25. The quantitative estimate of drug-likeness (QED) is 0.432. The second-order valence-electron chi connectivity index (χ2n) is 6.17. The van der Waals surface area contributed by atoms with Gasteiger partial charge in [-0.2, -0.15) is 0 Å². The normalized spacial score (nSPS) is 11.4. The van der Waals surface area contributed by atoms with E-state index in [4.69, 9.17) is 11.6 Å². The number of nitrogens with one attached hydrogen (secondary N) is 1. The number of fused-ring (bicyclic) bond motifs is 2. The van der Waals surface area contributed by atoms with Gasteiger partial charge in [-0.05, 0) is 42.8 Å². The number of anilines is 2. The fourth-order valence-electron chi connectivity index (χ4n) is 2.90. The van der Waals surface area contributed by atoms with Crippen molar-refractivity contribution in [3.8, 4) is 0 Å². The highest BCUT2D eigenvalue weighted by Crippen LogP contribution is 2.31. The molecule has 2 aromatic carbocycles. The zero-order chi connectivity index (χ0) is 19.0. The van der Waals surface area contributed by atoms with E-state index in [1.165, 1.54) is 11.3 Å². The van der Waals surface area contributed by atoms with E-state index in [9.17, 15) is 9.18 Å². The largest absolute Gasteiger partial charge is 0.313 e. The minimum absolute atomic E-state index is 0.0715. The highest BCUT2D eigenvalue weighted by atomic mass is 35.5. The van der Waals surface area contributed by atoms with E-state index in [2.05, 4.69) is 15.3 Å². The van der Waals surface area contributed by atoms with Crippen molar-refractivity contribution in [3.05, 3.63) is 47.0 Å². The number of carbonyl (C=O) groups is 1. The number of hydrogen-bond donors (Lipinski definition) is 1. The molecule has 8 heteroatoms. The summed E-state index contributed by atoms with van der Waals surface area (Å²) in [5.41, 5.74) is 3.01. The highest BCUT2D eigenvalue weighted by Gasteiger charge is 2.13. The lowest BCUT2D eigenvalue weighted by Gasteiger charge is -2.02. The van der Waals surface area contributed by atoms with Crippen LogP contribution in [0.25, 0.3) is 21.3 Å². The Bertz CT molecular complexity index is 1150. The third kappa shape index (κ3) is 3.52. The molecule has 2 heterocycles. The fourth-order valence-corrected chi connectivity index (χ4v) is 4.04. The van der Waals surface area contributed by atoms with Crippen molar-refractivity contribution in [1.29, 1.82) is 0 Å². The molecule has 5 nitrogen and oxygen atoms in total. The highest BCUT2D eigenvalue weighted by molar-refractivity contribution is 7.22. The number of thiazole rings is 1. The number of imidazole rings is 1. The van der Waals surface area contributed by atoms with Crippen LogP contribution < -0.4 is 5.32 Å². The lowest BCUT2D eigenvalue weighted by molar-refractivity contribution is 0.0977. The molecule has 1 N–H and O–H groups in total. The third-order valence-corrected chi connectivity index (χ3v) is 5.48. The molecule has 0 aliphatic carbocycles. The van der Waals surface area contributed by atoms with Gasteiger partial charge in [-0.3, -0.25) is 9.18 Å². The van der Waals surface area contributed by atoms with E-state index >= 15 is 0 Å². The lowest BCUT2D eigenvalue weighted by atomic mass is 10.1. The Balaban J connectivity index is 1.64. The molecule has 0 amide bonds. The molecule has 2 aromatic heterocycles. The number of carbonyl (C=O) groups excluding carboxylic acids is 1. The Morgan fingerprint density at radius 2 is 2.07 bits per heavy atom. The number of hydrogen-bond acceptors (Lipinski definition) is 5. The van der Waals surface area contributed by atoms with Crippen LogP contribution in [0, 0.1) is 0 Å². The smallest absolute Gasteiger partial charge is 0.209 e. The van der Waals surface area contributed by atoms with Gasteiger partial charge in [0.25, 0.3) is 0 Å². The van der Waals surface area contributed by atoms with Gasteiger partial charge in [0.1, 0.15) is 0 Å². The molecule has 0 spiro atoms. The van der Waals surface area contributed by atoms with Crippen LogP contribution in [0.2, 0.25) is 5.02 Å². The molecule has 0 saturated heterocycles. The second-order valence-corrected chi connectivity index (χ2v) is 7.64. The van der Waals surface area contributed by atoms with Crippen LogP contribution in [0.5, 0.6) is 0 Å². The summed E-state index contributed by atoms with van der Waals surface area (Å²) >= 11 is 7.52. The Labute approximate surface area is 163 Å². The molecule has 0 bridgehead atoms. The first kappa shape index (κ1) is 17.9. The van der Waals surface area contributed by atoms with Crippen molar-refractivity contribution in [3.63, 3.8) is 0 Å². The number of alkyl halides is 1. The molecule has 138 valence electrons. The molecular weight excluding hydrogens is 387 g/mol. The summed E-state index contributed by atoms with van der Waals surface area (Å²) in [5.74, 6) is 0.557. The van der Waals surface area contributed by atoms with E-state index < -0.39 is 6.67 Å². The summed E-state index contributed by atoms with van der Waals surface area (Å²) in [6.45, 7) is -0.487. The van der Waals surface area contributed by atoms with Crippen molar-refractivity contribution in [2.75, 3.05) is 12.0 Å². The number of rotatable bonds is 6. The van der Waals surface area contributed by atoms with Crippen molar-refractivity contribution >= 4 is 61.1 Å². The zero-order valence-corrected chi connectivity index (χ0v) is 16.1. The van der Waals surface area contributed by atoms with Gasteiger partial charge in [0, 0.05) is 24.1 Å². The Morgan fingerprint density at radius 1 is 1.22 bits per heavy atom. The average Bonchev–Trinajstić information content (AvgIpc) is 3.19. The summed E-state index contributed by atoms with van der Waals surface area (Å²) in [4.78, 5) is 21.3. The summed E-state index contributed by atoms with van der Waals surface area (Å²) in [7, 11) is 1.90. The minimum Gasteiger partial charge on any atom is -0.313 e. The van der Waals surface area contributed by atoms with E-state index in [1.54, 1.807) is 12.1 Å². The molecule has 4 rings (SSSR count). The molecule has 0 unspecified atom stereocenters. The number of benzene rings is 2. The van der Waals surface area contributed by atoms with Crippen LogP contribution in [0.1, 0.15) is 23.2 Å². The zero-order valence-electron chi connectivity index (χ0n) is 14.5. The Kier molecular flexibility index (Phi) is 4.80. The first-order valence-electron chi connectivity index (χ1n) is 8.44. The van der Waals surface area contributed by atoms with E-state index in [-0.39, 0.29) is 18.6 Å². The Morgan fingerprint density at radius 3 is 2.89 bits per heavy atom. The van der Waals surface area contributed by atoms with Gasteiger partial charge in [-0.1, -0.05) is 22.9 Å². The monoisotopic (exact) mass is 402 g/mol. The number of ketones is 1. The topological polar surface area (TPSA) is 59.8 Å². The molecule has 27 heavy (non-hydrogen) atoms. The Hall–Kier alpha value is -2.51. The van der Waals surface area contributed by atoms with Crippen LogP contribution >= 0.6 is 22.9 Å². The maximum Gasteiger partial charge on any atom is 0.209 e. The molecule has 0 aliphatic rings. The van der Waals surface area contributed by atoms with Crippen molar-refractivity contribution < 1.29 is 9.18 Å². The van der Waals surface area contributed by atoms with Crippen molar-refractivity contribution in [2.24, 2.45) is 7.05 Å². The summed E-state index contributed by atoms with van der Waals surface area (Å²) in [6, 6.07) is 10.9. The molecule has 0 radical (unpaired) electrons. The van der Waals surface area contributed by atoms with Crippen LogP contribution in [-0.4, -0.2) is 27.0 Å². The molecular formula is C19H16ClFN4OS. The van der Waals surface area contributed by atoms with E-state index in [0.717, 1.165) is 15.7 Å². The van der Waals surface area contributed by atoms with Crippen molar-refractivity contribution in [1.82, 2.24) is 14.5 Å². The van der Waals surface area contributed by atoms with Gasteiger partial charge < -0.3 is 9.88 Å². The molecule has 0 atom stereocenters. The van der Waals surface area contributed by atoms with Gasteiger partial charge in [-0.25, -0.2) is 9.97 Å². The predicted octanol–water partition coefficient (Wildman–Crippen LogP) is 5.51. The number of aromatic nitrogens is 3. The first-order valence-corrected chi connectivity index (χ1v) is 9.63. The van der Waals surface area contributed by atoms with Crippen LogP contribution in [0.15, 0.2) is 36.4 Å². The van der Waals surface area contributed by atoms with Gasteiger partial charge in [-0.15, -0.1) is 0 Å². The summed E-state index contributed by atoms with van der Waals surface area (Å²) in [5, 5.41) is 4.62. The van der Waals surface area contributed by atoms with Gasteiger partial charge in [0.2, 0.25) is 5.95 Å². The molecule has 0 saturated carbocycles. The van der Waals surface area contributed by atoms with Crippen LogP contribution in [0.4, 0.5) is 15.5 Å². The maximum atomic E-state index is 12.3. The molecule has 4 aromatic rings. The minimum atomic E-state index is -0.487. The summed E-state index contributed by atoms with van der Waals surface area (Å²) < 4.78 is 15.2. The van der Waals surface area contributed by atoms with Crippen LogP contribution in [-0.2, 0) is 7.05 Å². The van der Waals surface area contributed by atoms with E-state index in [1.807, 2.05) is 35.9 Å². The van der Waals surface area contributed by atoms with Crippen LogP contribution in [0.3, 0.4) is 0 Å². The van der Waals surface area contributed by atoms with Gasteiger partial charge >= 0.3 is 0 Å². The molecule has 0 fully saturated rings. The standard InChI is InChI=1S/C19H16ClFN4OS/c1-25-15-7-4-11(16(26)3-2-8-21)9-14(15)22-18(25)24-19-23-13-6-5-12(20)10-17(13)27-19/h4-7,9-10H,2-3,8H2,1H3,(H,22,23,24). The predicted molar refractivity (Wildman–Crippen MR) is 108 cm³/mol. The lowest BCUT2D eigenvalue weighted by Crippen LogP contribution is -1.99. The number of halogens is 2. The number of aryl methyl sites for hydroxylation is 1. The van der Waals surface area contributed by atoms with Crippen molar-refractivity contribution in [2.45, 2.75) is 12.8 Å². The molecule has 0 aliphatic heterocycles. The first-order chi connectivity index (χ1) is 13.0. The van der Waals surface area contributed by atoms with Gasteiger partial charge in [0.05, 0.1) is 27.9 Å². The SMILES string of the molecule is Cn1c(Nc2nc3ccc(Cl)cc3s2)nc2cc(C(=O)CCCF)ccc21. The fraction of sp³-hybridized carbons (Fsp3) is 0.211. The van der Waals surface area contributed by atoms with Gasteiger partial charge in [0.15, 0.2) is 10.9 Å².